The maximum absolute atomic E-state index is 11.8. The van der Waals surface area contributed by atoms with E-state index in [1.165, 1.54) is 11.3 Å². The third kappa shape index (κ3) is 5.43. The number of nitrogens with zero attached hydrogens (tertiary/aromatic N) is 1. The lowest BCUT2D eigenvalue weighted by Crippen LogP contribution is -2.31. The maximum Gasteiger partial charge on any atom is 0.174 e. The average Bonchev–Trinajstić information content (AvgIpc) is 2.73. The van der Waals surface area contributed by atoms with Crippen molar-refractivity contribution < 1.29 is 15.0 Å². The van der Waals surface area contributed by atoms with Crippen molar-refractivity contribution in [3.63, 3.8) is 0 Å². The van der Waals surface area contributed by atoms with Gasteiger partial charge >= 0.3 is 0 Å². The minimum atomic E-state index is 0.0467. The van der Waals surface area contributed by atoms with Crippen LogP contribution in [-0.2, 0) is 0 Å². The first-order valence-corrected chi connectivity index (χ1v) is 7.29. The molecule has 0 aliphatic rings. The van der Waals surface area contributed by atoms with Gasteiger partial charge in [-0.25, -0.2) is 0 Å². The van der Waals surface area contributed by atoms with Crippen molar-refractivity contribution in [3.05, 3.63) is 19.9 Å². The molecule has 1 rings (SSSR count). The van der Waals surface area contributed by atoms with E-state index in [1.807, 2.05) is 17.0 Å². The van der Waals surface area contributed by atoms with Crippen molar-refractivity contribution in [3.8, 4) is 0 Å². The van der Waals surface area contributed by atoms with Gasteiger partial charge in [-0.3, -0.25) is 9.69 Å². The van der Waals surface area contributed by atoms with Crippen LogP contribution in [0.4, 0.5) is 0 Å². The number of aliphatic hydroxyl groups excluding tert-OH is 2. The molecular formula is C11H16INO3S. The fourth-order valence-electron chi connectivity index (χ4n) is 1.47. The number of ketones is 1. The molecule has 0 atom stereocenters. The second-order valence-electron chi connectivity index (χ2n) is 3.57. The molecule has 0 fully saturated rings. The summed E-state index contributed by atoms with van der Waals surface area (Å²) in [4.78, 5) is 14.5. The van der Waals surface area contributed by atoms with Crippen molar-refractivity contribution in [1.29, 1.82) is 0 Å². The Morgan fingerprint density at radius 1 is 1.24 bits per heavy atom. The van der Waals surface area contributed by atoms with E-state index in [0.717, 1.165) is 7.76 Å². The number of Topliss-reactive ketones (excluding diaryl/α,β-unsaturated/α-hetero) is 1. The quantitative estimate of drug-likeness (QED) is 0.534. The Morgan fingerprint density at radius 3 is 2.35 bits per heavy atom. The summed E-state index contributed by atoms with van der Waals surface area (Å²) in [5, 5.41) is 17.7. The molecule has 0 aliphatic heterocycles. The molecule has 17 heavy (non-hydrogen) atoms. The Kier molecular flexibility index (Phi) is 7.21. The van der Waals surface area contributed by atoms with Crippen molar-refractivity contribution in [1.82, 2.24) is 4.90 Å². The lowest BCUT2D eigenvalue weighted by molar-refractivity contribution is 0.0950. The summed E-state index contributed by atoms with van der Waals surface area (Å²) in [6.45, 7) is 1.66. The van der Waals surface area contributed by atoms with Gasteiger partial charge in [-0.15, -0.1) is 11.3 Å². The Labute approximate surface area is 118 Å². The Hall–Kier alpha value is -0.0200. The predicted octanol–water partition coefficient (Wildman–Crippen LogP) is 1.21. The smallest absolute Gasteiger partial charge is 0.174 e. The van der Waals surface area contributed by atoms with Gasteiger partial charge in [0, 0.05) is 26.1 Å². The molecule has 96 valence electrons. The third-order valence-electron chi connectivity index (χ3n) is 2.34. The number of hydrogen-bond donors (Lipinski definition) is 2. The molecule has 0 amide bonds. The molecule has 1 aromatic heterocycles. The molecule has 0 spiro atoms. The van der Waals surface area contributed by atoms with Crippen molar-refractivity contribution in [2.24, 2.45) is 0 Å². The van der Waals surface area contributed by atoms with Crippen LogP contribution >= 0.6 is 33.9 Å². The number of rotatable bonds is 8. The lowest BCUT2D eigenvalue weighted by Gasteiger charge is -2.19. The molecule has 1 aromatic rings. The molecule has 0 radical (unpaired) electrons. The second-order valence-corrected chi connectivity index (χ2v) is 6.54. The number of carbonyl (C=O) groups excluding carboxylic acids is 1. The van der Waals surface area contributed by atoms with Crippen LogP contribution in [-0.4, -0.2) is 53.7 Å². The first-order valence-electron chi connectivity index (χ1n) is 5.40. The SMILES string of the molecule is O=C(CCN(CCO)CCO)c1ccc(I)s1. The standard InChI is InChI=1S/C11H16INO3S/c12-11-2-1-10(17-11)9(16)3-4-13(5-7-14)6-8-15/h1-2,14-15H,3-8H2. The molecule has 0 aromatic carbocycles. The number of aliphatic hydroxyl groups is 2. The second kappa shape index (κ2) is 8.15. The van der Waals surface area contributed by atoms with Gasteiger partial charge in [-0.05, 0) is 34.7 Å². The van der Waals surface area contributed by atoms with Gasteiger partial charge in [0.25, 0.3) is 0 Å². The van der Waals surface area contributed by atoms with E-state index in [1.54, 1.807) is 0 Å². The molecule has 2 N–H and O–H groups in total. The van der Waals surface area contributed by atoms with Crippen LogP contribution in [0.1, 0.15) is 16.1 Å². The van der Waals surface area contributed by atoms with Crippen LogP contribution < -0.4 is 0 Å². The van der Waals surface area contributed by atoms with E-state index in [0.29, 0.717) is 26.1 Å². The molecule has 1 heterocycles. The van der Waals surface area contributed by atoms with Crippen LogP contribution in [0.25, 0.3) is 0 Å². The Morgan fingerprint density at radius 2 is 1.88 bits per heavy atom. The summed E-state index contributed by atoms with van der Waals surface area (Å²) in [6, 6.07) is 3.77. The molecular weight excluding hydrogens is 353 g/mol. The minimum Gasteiger partial charge on any atom is -0.395 e. The van der Waals surface area contributed by atoms with E-state index in [9.17, 15) is 4.79 Å². The van der Waals surface area contributed by atoms with Crippen LogP contribution in [0.3, 0.4) is 0 Å². The Balaban J connectivity index is 2.40. The van der Waals surface area contributed by atoms with Gasteiger partial charge in [-0.2, -0.15) is 0 Å². The van der Waals surface area contributed by atoms with Gasteiger partial charge < -0.3 is 10.2 Å². The van der Waals surface area contributed by atoms with Crippen LogP contribution in [0.5, 0.6) is 0 Å². The van der Waals surface area contributed by atoms with Gasteiger partial charge in [0.05, 0.1) is 21.0 Å². The van der Waals surface area contributed by atoms with Crippen LogP contribution in [0, 0.1) is 2.88 Å². The zero-order valence-electron chi connectivity index (χ0n) is 9.43. The van der Waals surface area contributed by atoms with Crippen molar-refractivity contribution in [2.45, 2.75) is 6.42 Å². The van der Waals surface area contributed by atoms with Crippen LogP contribution in [0.15, 0.2) is 12.1 Å². The minimum absolute atomic E-state index is 0.0467. The highest BCUT2D eigenvalue weighted by molar-refractivity contribution is 14.1. The summed E-state index contributed by atoms with van der Waals surface area (Å²) < 4.78 is 1.11. The average molecular weight is 369 g/mol. The normalized spacial score (nSPS) is 11.1. The number of thiophene rings is 1. The summed E-state index contributed by atoms with van der Waals surface area (Å²) in [5.74, 6) is 0.124. The van der Waals surface area contributed by atoms with Gasteiger partial charge in [0.15, 0.2) is 5.78 Å². The fourth-order valence-corrected chi connectivity index (χ4v) is 3.05. The Bertz CT molecular complexity index is 350. The van der Waals surface area contributed by atoms with Gasteiger partial charge in [-0.1, -0.05) is 0 Å². The number of hydrogen-bond acceptors (Lipinski definition) is 5. The van der Waals surface area contributed by atoms with E-state index >= 15 is 0 Å². The van der Waals surface area contributed by atoms with E-state index in [4.69, 9.17) is 10.2 Å². The predicted molar refractivity (Wildman–Crippen MR) is 76.6 cm³/mol. The molecule has 0 aliphatic carbocycles. The van der Waals surface area contributed by atoms with Gasteiger partial charge in [0.1, 0.15) is 0 Å². The monoisotopic (exact) mass is 369 g/mol. The molecule has 6 heteroatoms. The number of halogens is 1. The highest BCUT2D eigenvalue weighted by Gasteiger charge is 2.11. The molecule has 4 nitrogen and oxygen atoms in total. The lowest BCUT2D eigenvalue weighted by atomic mass is 10.2. The zero-order valence-corrected chi connectivity index (χ0v) is 12.4. The summed E-state index contributed by atoms with van der Waals surface area (Å²) in [6.07, 6.45) is 0.427. The summed E-state index contributed by atoms with van der Waals surface area (Å²) in [5.41, 5.74) is 0. The highest BCUT2D eigenvalue weighted by Crippen LogP contribution is 2.19. The van der Waals surface area contributed by atoms with E-state index in [2.05, 4.69) is 22.6 Å². The third-order valence-corrected chi connectivity index (χ3v) is 4.27. The fraction of sp³-hybridized carbons (Fsp3) is 0.545. The molecule has 0 bridgehead atoms. The van der Waals surface area contributed by atoms with E-state index in [-0.39, 0.29) is 19.0 Å². The van der Waals surface area contributed by atoms with Crippen molar-refractivity contribution in [2.75, 3.05) is 32.8 Å². The first kappa shape index (κ1) is 15.0. The van der Waals surface area contributed by atoms with Crippen LogP contribution in [0.2, 0.25) is 0 Å². The largest absolute Gasteiger partial charge is 0.395 e. The molecule has 0 saturated carbocycles. The van der Waals surface area contributed by atoms with Crippen molar-refractivity contribution >= 4 is 39.7 Å². The molecule has 0 saturated heterocycles. The van der Waals surface area contributed by atoms with E-state index < -0.39 is 0 Å². The maximum atomic E-state index is 11.8. The topological polar surface area (TPSA) is 60.8 Å². The first-order chi connectivity index (χ1) is 8.17. The number of carbonyl (C=O) groups is 1. The zero-order chi connectivity index (χ0) is 12.7. The molecule has 0 unspecified atom stereocenters. The summed E-state index contributed by atoms with van der Waals surface area (Å²) >= 11 is 3.69. The highest BCUT2D eigenvalue weighted by atomic mass is 127. The summed E-state index contributed by atoms with van der Waals surface area (Å²) in [7, 11) is 0. The van der Waals surface area contributed by atoms with Gasteiger partial charge in [0.2, 0.25) is 0 Å².